The zero-order chi connectivity index (χ0) is 13.9. The van der Waals surface area contributed by atoms with E-state index < -0.39 is 0 Å². The fraction of sp³-hybridized carbons (Fsp3) is 0.438. The van der Waals surface area contributed by atoms with Gasteiger partial charge < -0.3 is 10.2 Å². The topological polar surface area (TPSA) is 60.2 Å². The molecule has 3 N–H and O–H groups in total. The number of nitrogens with one attached hydrogen (secondary N) is 1. The minimum atomic E-state index is 0.608. The fourth-order valence-electron chi connectivity index (χ4n) is 3.07. The van der Waals surface area contributed by atoms with Gasteiger partial charge in [0.2, 0.25) is 0 Å². The van der Waals surface area contributed by atoms with Crippen molar-refractivity contribution in [2.75, 3.05) is 12.5 Å². The summed E-state index contributed by atoms with van der Waals surface area (Å²) in [6.45, 7) is 0.608. The molecule has 1 aromatic heterocycles. The highest BCUT2D eigenvalue weighted by Crippen LogP contribution is 2.32. The van der Waals surface area contributed by atoms with Crippen LogP contribution in [0.1, 0.15) is 36.1 Å². The van der Waals surface area contributed by atoms with Crippen molar-refractivity contribution in [3.05, 3.63) is 35.0 Å². The lowest BCUT2D eigenvalue weighted by atomic mass is 10.0. The first-order chi connectivity index (χ1) is 9.83. The van der Waals surface area contributed by atoms with Crippen LogP contribution in [0.15, 0.2) is 18.2 Å². The second-order valence-corrected chi connectivity index (χ2v) is 5.40. The summed E-state index contributed by atoms with van der Waals surface area (Å²) in [6.07, 6.45) is 5.82. The Morgan fingerprint density at radius 1 is 1.25 bits per heavy atom. The lowest BCUT2D eigenvalue weighted by molar-refractivity contribution is 0.185. The Morgan fingerprint density at radius 2 is 2.10 bits per heavy atom. The monoisotopic (exact) mass is 271 g/mol. The van der Waals surface area contributed by atoms with Crippen LogP contribution in [0.2, 0.25) is 0 Å². The maximum atomic E-state index is 5.81. The molecule has 4 heteroatoms. The fourth-order valence-corrected chi connectivity index (χ4v) is 3.07. The Balaban J connectivity index is 2.20. The van der Waals surface area contributed by atoms with Crippen molar-refractivity contribution < 1.29 is 4.74 Å². The van der Waals surface area contributed by atoms with E-state index >= 15 is 0 Å². The minimum Gasteiger partial charge on any atom is -0.380 e. The highest BCUT2D eigenvalue weighted by atomic mass is 16.5. The second kappa shape index (κ2) is 5.77. The number of nitrogens with two attached hydrogens (primary N) is 1. The molecule has 0 unspecified atom stereocenters. The zero-order valence-corrected chi connectivity index (χ0v) is 11.9. The summed E-state index contributed by atoms with van der Waals surface area (Å²) in [4.78, 5) is 4.85. The Bertz CT molecular complexity index is 625. The second-order valence-electron chi connectivity index (χ2n) is 5.40. The molecule has 1 heterocycles. The molecule has 1 aromatic carbocycles. The minimum absolute atomic E-state index is 0.608. The number of methoxy groups -OCH3 is 1. The summed E-state index contributed by atoms with van der Waals surface area (Å²) >= 11 is 0. The van der Waals surface area contributed by atoms with Crippen LogP contribution in [0.3, 0.4) is 0 Å². The lowest BCUT2D eigenvalue weighted by Crippen LogP contribution is -2.12. The standard InChI is InChI=1S/C16H21N3O/c1-20-10-11-7-8-15-13(9-11)16(19-17)12-5-3-2-4-6-14(12)18-15/h7-9H,2-6,10,17H2,1H3,(H,18,19). The average Bonchev–Trinajstić information content (AvgIpc) is 2.70. The van der Waals surface area contributed by atoms with Crippen molar-refractivity contribution in [1.82, 2.24) is 4.98 Å². The molecular formula is C16H21N3O. The number of hydrogen-bond acceptors (Lipinski definition) is 4. The zero-order valence-electron chi connectivity index (χ0n) is 11.9. The Hall–Kier alpha value is -1.65. The van der Waals surface area contributed by atoms with E-state index in [0.717, 1.165) is 35.0 Å². The number of fused-ring (bicyclic) bond motifs is 2. The number of ether oxygens (including phenoxy) is 1. The summed E-state index contributed by atoms with van der Waals surface area (Å²) in [5, 5.41) is 1.10. The number of rotatable bonds is 3. The number of hydrogen-bond donors (Lipinski definition) is 2. The molecule has 0 radical (unpaired) electrons. The van der Waals surface area contributed by atoms with Gasteiger partial charge in [-0.05, 0) is 48.9 Å². The van der Waals surface area contributed by atoms with Gasteiger partial charge in [0.05, 0.1) is 17.8 Å². The van der Waals surface area contributed by atoms with Crippen molar-refractivity contribution in [1.29, 1.82) is 0 Å². The molecular weight excluding hydrogens is 250 g/mol. The predicted molar refractivity (Wildman–Crippen MR) is 81.5 cm³/mol. The van der Waals surface area contributed by atoms with E-state index in [9.17, 15) is 0 Å². The first-order valence-electron chi connectivity index (χ1n) is 7.23. The summed E-state index contributed by atoms with van der Waals surface area (Å²) in [7, 11) is 1.71. The van der Waals surface area contributed by atoms with Gasteiger partial charge in [0.25, 0.3) is 0 Å². The summed E-state index contributed by atoms with van der Waals surface area (Å²) in [5.74, 6) is 5.81. The molecule has 0 spiro atoms. The van der Waals surface area contributed by atoms with E-state index in [-0.39, 0.29) is 0 Å². The number of pyridine rings is 1. The van der Waals surface area contributed by atoms with Crippen LogP contribution in [0, 0.1) is 0 Å². The predicted octanol–water partition coefficient (Wildman–Crippen LogP) is 2.94. The van der Waals surface area contributed by atoms with Crippen molar-refractivity contribution >= 4 is 16.6 Å². The average molecular weight is 271 g/mol. The number of nitrogens with zero attached hydrogens (tertiary/aromatic N) is 1. The number of aryl methyl sites for hydroxylation is 1. The Morgan fingerprint density at radius 3 is 2.90 bits per heavy atom. The molecule has 1 aliphatic carbocycles. The molecule has 0 saturated heterocycles. The van der Waals surface area contributed by atoms with Gasteiger partial charge in [-0.2, -0.15) is 0 Å². The number of benzene rings is 1. The van der Waals surface area contributed by atoms with Gasteiger partial charge in [-0.3, -0.25) is 10.8 Å². The van der Waals surface area contributed by atoms with Gasteiger partial charge in [0.15, 0.2) is 0 Å². The first kappa shape index (κ1) is 13.3. The van der Waals surface area contributed by atoms with Gasteiger partial charge in [0.1, 0.15) is 0 Å². The normalized spacial score (nSPS) is 14.9. The van der Waals surface area contributed by atoms with Crippen molar-refractivity contribution in [2.24, 2.45) is 5.84 Å². The van der Waals surface area contributed by atoms with Gasteiger partial charge in [-0.25, -0.2) is 0 Å². The van der Waals surface area contributed by atoms with Crippen molar-refractivity contribution in [2.45, 2.75) is 38.7 Å². The highest BCUT2D eigenvalue weighted by molar-refractivity contribution is 5.93. The lowest BCUT2D eigenvalue weighted by Gasteiger charge is -2.15. The van der Waals surface area contributed by atoms with Gasteiger partial charge in [-0.1, -0.05) is 12.5 Å². The molecule has 3 rings (SSSR count). The van der Waals surface area contributed by atoms with E-state index in [1.165, 1.54) is 30.5 Å². The first-order valence-corrected chi connectivity index (χ1v) is 7.23. The van der Waals surface area contributed by atoms with E-state index in [1.807, 2.05) is 0 Å². The number of nitrogen functional groups attached to an aromatic ring is 1. The van der Waals surface area contributed by atoms with Crippen molar-refractivity contribution in [3.63, 3.8) is 0 Å². The van der Waals surface area contributed by atoms with E-state index in [2.05, 4.69) is 23.6 Å². The van der Waals surface area contributed by atoms with E-state index in [4.69, 9.17) is 15.6 Å². The van der Waals surface area contributed by atoms with Crippen LogP contribution in [-0.2, 0) is 24.2 Å². The molecule has 0 atom stereocenters. The molecule has 1 aliphatic rings. The van der Waals surface area contributed by atoms with E-state index in [0.29, 0.717) is 6.61 Å². The van der Waals surface area contributed by atoms with Crippen molar-refractivity contribution in [3.8, 4) is 0 Å². The Labute approximate surface area is 119 Å². The molecule has 4 nitrogen and oxygen atoms in total. The van der Waals surface area contributed by atoms with Crippen LogP contribution in [0.4, 0.5) is 5.69 Å². The largest absolute Gasteiger partial charge is 0.380 e. The third-order valence-corrected chi connectivity index (χ3v) is 4.03. The molecule has 0 amide bonds. The van der Waals surface area contributed by atoms with Crippen LogP contribution in [0.25, 0.3) is 10.9 Å². The smallest absolute Gasteiger partial charge is 0.0727 e. The van der Waals surface area contributed by atoms with Crippen LogP contribution >= 0.6 is 0 Å². The molecule has 0 fully saturated rings. The van der Waals surface area contributed by atoms with Gasteiger partial charge in [0, 0.05) is 18.2 Å². The number of anilines is 1. The quantitative estimate of drug-likeness (QED) is 0.512. The van der Waals surface area contributed by atoms with Gasteiger partial charge >= 0.3 is 0 Å². The van der Waals surface area contributed by atoms with Crippen LogP contribution in [0.5, 0.6) is 0 Å². The third-order valence-electron chi connectivity index (χ3n) is 4.03. The molecule has 106 valence electrons. The SMILES string of the molecule is COCc1ccc2nc3c(c(NN)c2c1)CCCCC3. The summed E-state index contributed by atoms with van der Waals surface area (Å²) < 4.78 is 5.21. The van der Waals surface area contributed by atoms with Crippen LogP contribution in [-0.4, -0.2) is 12.1 Å². The summed E-state index contributed by atoms with van der Waals surface area (Å²) in [6, 6.07) is 6.27. The third kappa shape index (κ3) is 2.37. The highest BCUT2D eigenvalue weighted by Gasteiger charge is 2.16. The molecule has 20 heavy (non-hydrogen) atoms. The molecule has 0 aliphatic heterocycles. The molecule has 0 bridgehead atoms. The molecule has 2 aromatic rings. The molecule has 0 saturated carbocycles. The number of aromatic nitrogens is 1. The summed E-state index contributed by atoms with van der Waals surface area (Å²) in [5.41, 5.74) is 8.63. The number of hydrazine groups is 1. The van der Waals surface area contributed by atoms with Crippen LogP contribution < -0.4 is 11.3 Å². The Kier molecular flexibility index (Phi) is 3.85. The maximum absolute atomic E-state index is 5.81. The van der Waals surface area contributed by atoms with E-state index in [1.54, 1.807) is 7.11 Å². The maximum Gasteiger partial charge on any atom is 0.0727 e. The van der Waals surface area contributed by atoms with Gasteiger partial charge in [-0.15, -0.1) is 0 Å².